The van der Waals surface area contributed by atoms with Crippen LogP contribution in [-0.2, 0) is 7.05 Å². The zero-order chi connectivity index (χ0) is 28.7. The Labute approximate surface area is 236 Å². The fraction of sp³-hybridized carbons (Fsp3) is 0.357. The number of aromatic carboxylic acids is 1. The van der Waals surface area contributed by atoms with Crippen molar-refractivity contribution in [2.75, 3.05) is 34.8 Å². The normalized spacial score (nSPS) is 16.3. The molecule has 1 fully saturated rings. The molecule has 0 amide bonds. The second-order valence-electron chi connectivity index (χ2n) is 10.2. The molecule has 2 atom stereocenters. The van der Waals surface area contributed by atoms with Gasteiger partial charge in [-0.3, -0.25) is 9.36 Å². The molecule has 1 aliphatic rings. The maximum absolute atomic E-state index is 13.6. The maximum Gasteiger partial charge on any atom is 0.356 e. The van der Waals surface area contributed by atoms with Gasteiger partial charge >= 0.3 is 5.97 Å². The fourth-order valence-electron chi connectivity index (χ4n) is 5.19. The molecule has 5 rings (SSSR count). The van der Waals surface area contributed by atoms with Crippen molar-refractivity contribution in [1.82, 2.24) is 24.5 Å². The molecular weight excluding hydrogens is 532 g/mol. The number of carboxylic acids is 1. The van der Waals surface area contributed by atoms with E-state index in [0.29, 0.717) is 48.1 Å². The highest BCUT2D eigenvalue weighted by atomic mass is 35.5. The average Bonchev–Trinajstić information content (AvgIpc) is 2.91. The summed E-state index contributed by atoms with van der Waals surface area (Å²) in [5.74, 6) is 0.0818. The van der Waals surface area contributed by atoms with E-state index in [0.717, 1.165) is 16.8 Å². The summed E-state index contributed by atoms with van der Waals surface area (Å²) < 4.78 is 1.60. The SMILES string of the molecule is Cc1cc([C@@H](C)Nc2ccc(Cl)nc2C(=O)O)c2nc(N3CCN(c4nccc(C)n4)[C@@H](C)C3)n(C)c(=O)c2c1. The van der Waals surface area contributed by atoms with Crippen LogP contribution in [0, 0.1) is 13.8 Å². The minimum absolute atomic E-state index is 0.0908. The van der Waals surface area contributed by atoms with Gasteiger partial charge in [0, 0.05) is 50.2 Å². The van der Waals surface area contributed by atoms with Crippen molar-refractivity contribution in [2.45, 2.75) is 39.8 Å². The first-order valence-electron chi connectivity index (χ1n) is 13.0. The number of aromatic nitrogens is 5. The fourth-order valence-corrected chi connectivity index (χ4v) is 5.34. The van der Waals surface area contributed by atoms with Crippen LogP contribution in [0.15, 0.2) is 41.3 Å². The van der Waals surface area contributed by atoms with E-state index >= 15 is 0 Å². The summed E-state index contributed by atoms with van der Waals surface area (Å²) in [5.41, 5.74) is 3.16. The van der Waals surface area contributed by atoms with Gasteiger partial charge in [0.2, 0.25) is 11.9 Å². The quantitative estimate of drug-likeness (QED) is 0.333. The molecule has 4 aromatic rings. The second kappa shape index (κ2) is 10.7. The van der Waals surface area contributed by atoms with Crippen molar-refractivity contribution >= 4 is 46.1 Å². The Balaban J connectivity index is 1.51. The number of benzene rings is 1. The largest absolute Gasteiger partial charge is 0.476 e. The van der Waals surface area contributed by atoms with E-state index in [2.05, 4.69) is 37.0 Å². The molecule has 12 heteroatoms. The van der Waals surface area contributed by atoms with E-state index in [-0.39, 0.29) is 28.5 Å². The van der Waals surface area contributed by atoms with Gasteiger partial charge in [0.05, 0.1) is 22.6 Å². The molecule has 0 radical (unpaired) electrons. The molecule has 208 valence electrons. The lowest BCUT2D eigenvalue weighted by Gasteiger charge is -2.40. The number of nitrogens with zero attached hydrogens (tertiary/aromatic N) is 7. The van der Waals surface area contributed by atoms with Gasteiger partial charge in [-0.15, -0.1) is 0 Å². The van der Waals surface area contributed by atoms with E-state index in [4.69, 9.17) is 16.6 Å². The number of hydrogen-bond acceptors (Lipinski definition) is 9. The number of piperazine rings is 1. The number of carboxylic acid groups (broad SMARTS) is 1. The molecule has 1 aromatic carbocycles. The third kappa shape index (κ3) is 5.16. The lowest BCUT2D eigenvalue weighted by atomic mass is 10.0. The van der Waals surface area contributed by atoms with Gasteiger partial charge in [0.25, 0.3) is 5.56 Å². The van der Waals surface area contributed by atoms with Crippen LogP contribution in [0.2, 0.25) is 5.15 Å². The summed E-state index contributed by atoms with van der Waals surface area (Å²) in [6.07, 6.45) is 1.77. The molecule has 0 aliphatic carbocycles. The van der Waals surface area contributed by atoms with Crippen molar-refractivity contribution in [3.8, 4) is 0 Å². The first kappa shape index (κ1) is 27.3. The van der Waals surface area contributed by atoms with Gasteiger partial charge in [0.1, 0.15) is 5.15 Å². The monoisotopic (exact) mass is 562 g/mol. The Morgan fingerprint density at radius 2 is 1.93 bits per heavy atom. The number of hydrogen-bond donors (Lipinski definition) is 2. The van der Waals surface area contributed by atoms with Gasteiger partial charge in [0.15, 0.2) is 5.69 Å². The minimum atomic E-state index is -1.19. The summed E-state index contributed by atoms with van der Waals surface area (Å²) in [6.45, 7) is 9.83. The number of nitrogens with one attached hydrogen (secondary N) is 1. The number of anilines is 3. The van der Waals surface area contributed by atoms with Crippen molar-refractivity contribution in [2.24, 2.45) is 7.05 Å². The summed E-state index contributed by atoms with van der Waals surface area (Å²) in [6, 6.07) is 8.51. The number of fused-ring (bicyclic) bond motifs is 1. The van der Waals surface area contributed by atoms with E-state index in [1.807, 2.05) is 39.0 Å². The van der Waals surface area contributed by atoms with Crippen LogP contribution < -0.4 is 20.7 Å². The van der Waals surface area contributed by atoms with E-state index in [1.54, 1.807) is 23.9 Å². The molecule has 3 aromatic heterocycles. The summed E-state index contributed by atoms with van der Waals surface area (Å²) in [7, 11) is 1.74. The highest BCUT2D eigenvalue weighted by molar-refractivity contribution is 6.29. The lowest BCUT2D eigenvalue weighted by molar-refractivity contribution is 0.0691. The van der Waals surface area contributed by atoms with Crippen molar-refractivity contribution < 1.29 is 9.90 Å². The molecule has 11 nitrogen and oxygen atoms in total. The number of rotatable bonds is 6. The Morgan fingerprint density at radius 3 is 2.62 bits per heavy atom. The molecule has 40 heavy (non-hydrogen) atoms. The standard InChI is InChI=1S/C28H31ClN8O3/c1-15-12-19(18(4)32-21-6-7-22(29)33-24(21)26(39)40)23-20(13-15)25(38)35(5)28(34-23)36-10-11-37(17(3)14-36)27-30-9-8-16(2)31-27/h6-9,12-13,17-18,32H,10-11,14H2,1-5H3,(H,39,40)/t17-,18+/m0/s1. The zero-order valence-corrected chi connectivity index (χ0v) is 23.8. The summed E-state index contributed by atoms with van der Waals surface area (Å²) >= 11 is 5.93. The van der Waals surface area contributed by atoms with Crippen molar-refractivity contribution in [1.29, 1.82) is 0 Å². The molecule has 0 unspecified atom stereocenters. The van der Waals surface area contributed by atoms with Crippen LogP contribution in [0.4, 0.5) is 17.6 Å². The van der Waals surface area contributed by atoms with E-state index < -0.39 is 5.97 Å². The number of pyridine rings is 1. The number of halogens is 1. The van der Waals surface area contributed by atoms with Gasteiger partial charge in [-0.2, -0.15) is 0 Å². The highest BCUT2D eigenvalue weighted by Crippen LogP contribution is 2.29. The van der Waals surface area contributed by atoms with Crippen molar-refractivity contribution in [3.63, 3.8) is 0 Å². The van der Waals surface area contributed by atoms with Gasteiger partial charge in [-0.05, 0) is 57.5 Å². The Hall–Kier alpha value is -4.25. The third-order valence-corrected chi connectivity index (χ3v) is 7.39. The summed E-state index contributed by atoms with van der Waals surface area (Å²) in [5, 5.41) is 13.5. The third-order valence-electron chi connectivity index (χ3n) is 7.18. The Morgan fingerprint density at radius 1 is 1.15 bits per heavy atom. The predicted octanol–water partition coefficient (Wildman–Crippen LogP) is 3.98. The second-order valence-corrected chi connectivity index (χ2v) is 10.6. The first-order valence-corrected chi connectivity index (χ1v) is 13.4. The molecule has 1 aliphatic heterocycles. The minimum Gasteiger partial charge on any atom is -0.476 e. The van der Waals surface area contributed by atoms with Gasteiger partial charge < -0.3 is 20.2 Å². The maximum atomic E-state index is 13.6. The van der Waals surface area contributed by atoms with E-state index in [9.17, 15) is 14.7 Å². The average molecular weight is 563 g/mol. The Kier molecular flexibility index (Phi) is 7.33. The van der Waals surface area contributed by atoms with Gasteiger partial charge in [-0.25, -0.2) is 24.7 Å². The molecule has 4 heterocycles. The van der Waals surface area contributed by atoms with Crippen LogP contribution >= 0.6 is 11.6 Å². The predicted molar refractivity (Wildman–Crippen MR) is 156 cm³/mol. The summed E-state index contributed by atoms with van der Waals surface area (Å²) in [4.78, 5) is 47.7. The van der Waals surface area contributed by atoms with Crippen molar-refractivity contribution in [3.05, 3.63) is 74.6 Å². The smallest absolute Gasteiger partial charge is 0.356 e. The topological polar surface area (TPSA) is 129 Å². The molecule has 0 saturated carbocycles. The number of aryl methyl sites for hydroxylation is 2. The van der Waals surface area contributed by atoms with Crippen LogP contribution in [-0.4, -0.2) is 61.3 Å². The molecule has 0 spiro atoms. The molecule has 1 saturated heterocycles. The van der Waals surface area contributed by atoms with Gasteiger partial charge in [-0.1, -0.05) is 17.7 Å². The number of carbonyl (C=O) groups is 1. The molecule has 2 N–H and O–H groups in total. The molecular formula is C28H31ClN8O3. The highest BCUT2D eigenvalue weighted by Gasteiger charge is 2.29. The van der Waals surface area contributed by atoms with Crippen LogP contribution in [0.1, 0.15) is 47.2 Å². The molecule has 0 bridgehead atoms. The Bertz CT molecular complexity index is 1670. The van der Waals surface area contributed by atoms with Crippen LogP contribution in [0.3, 0.4) is 0 Å². The van der Waals surface area contributed by atoms with E-state index in [1.165, 1.54) is 6.07 Å². The first-order chi connectivity index (χ1) is 19.0. The lowest BCUT2D eigenvalue weighted by Crippen LogP contribution is -2.54. The zero-order valence-electron chi connectivity index (χ0n) is 23.0. The van der Waals surface area contributed by atoms with Crippen LogP contribution in [0.5, 0.6) is 0 Å². The van der Waals surface area contributed by atoms with Crippen LogP contribution in [0.25, 0.3) is 10.9 Å².